The van der Waals surface area contributed by atoms with Crippen molar-refractivity contribution in [2.24, 2.45) is 0 Å². The molecule has 0 rings (SSSR count). The number of hydrogen-bond acceptors (Lipinski definition) is 1. The lowest BCUT2D eigenvalue weighted by Gasteiger charge is -1.94. The van der Waals surface area contributed by atoms with Crippen molar-refractivity contribution < 1.29 is 4.21 Å². The molecule has 0 aliphatic carbocycles. The molecule has 0 amide bonds. The molecule has 0 heterocycles. The van der Waals surface area contributed by atoms with Gasteiger partial charge in [-0.3, -0.25) is 0 Å². The second kappa shape index (κ2) is 5.98. The van der Waals surface area contributed by atoms with Gasteiger partial charge in [-0.25, -0.2) is 8.93 Å². The second-order valence-electron chi connectivity index (χ2n) is 1.71. The summed E-state index contributed by atoms with van der Waals surface area (Å²) in [5, 5.41) is 0. The molecule has 0 fully saturated rings. The van der Waals surface area contributed by atoms with Gasteiger partial charge in [-0.15, -0.1) is 0 Å². The summed E-state index contributed by atoms with van der Waals surface area (Å²) in [5.74, 6) is 0. The smallest absolute Gasteiger partial charge is 0.0883 e. The molecule has 0 radical (unpaired) electrons. The molecule has 0 saturated heterocycles. The SMILES string of the molecule is C/C=C/CCNS(C)=O. The number of allylic oxidation sites excluding steroid dienone is 1. The van der Waals surface area contributed by atoms with E-state index in [4.69, 9.17) is 0 Å². The van der Waals surface area contributed by atoms with Gasteiger partial charge in [0.1, 0.15) is 0 Å². The zero-order valence-corrected chi connectivity index (χ0v) is 6.70. The molecule has 3 heteroatoms. The Morgan fingerprint density at radius 2 is 2.33 bits per heavy atom. The van der Waals surface area contributed by atoms with Gasteiger partial charge in [0.25, 0.3) is 0 Å². The van der Waals surface area contributed by atoms with Gasteiger partial charge in [-0.05, 0) is 13.3 Å². The Hall–Kier alpha value is -0.150. The molecule has 2 nitrogen and oxygen atoms in total. The van der Waals surface area contributed by atoms with Crippen LogP contribution in [0.3, 0.4) is 0 Å². The first-order valence-electron chi connectivity index (χ1n) is 2.95. The van der Waals surface area contributed by atoms with E-state index >= 15 is 0 Å². The van der Waals surface area contributed by atoms with Crippen LogP contribution in [0.4, 0.5) is 0 Å². The minimum absolute atomic E-state index is 0.799. The van der Waals surface area contributed by atoms with Crippen molar-refractivity contribution in [2.45, 2.75) is 13.3 Å². The van der Waals surface area contributed by atoms with Crippen LogP contribution >= 0.6 is 0 Å². The third-order valence-electron chi connectivity index (χ3n) is 0.852. The Labute approximate surface area is 58.9 Å². The first kappa shape index (κ1) is 8.85. The van der Waals surface area contributed by atoms with Gasteiger partial charge < -0.3 is 0 Å². The molecule has 1 unspecified atom stereocenters. The summed E-state index contributed by atoms with van der Waals surface area (Å²) in [6.45, 7) is 2.77. The van der Waals surface area contributed by atoms with Crippen LogP contribution in [-0.4, -0.2) is 17.0 Å². The molecule has 0 spiro atoms. The summed E-state index contributed by atoms with van der Waals surface area (Å²) in [7, 11) is -0.853. The fourth-order valence-corrected chi connectivity index (χ4v) is 0.858. The van der Waals surface area contributed by atoms with Crippen molar-refractivity contribution in [3.05, 3.63) is 12.2 Å². The monoisotopic (exact) mass is 147 g/mol. The van der Waals surface area contributed by atoms with Gasteiger partial charge in [0.05, 0.1) is 11.0 Å². The maximum Gasteiger partial charge on any atom is 0.0883 e. The Kier molecular flexibility index (Phi) is 5.88. The van der Waals surface area contributed by atoms with Crippen LogP contribution < -0.4 is 4.72 Å². The summed E-state index contributed by atoms with van der Waals surface area (Å²) < 4.78 is 13.2. The Balaban J connectivity index is 3.01. The van der Waals surface area contributed by atoms with Crippen molar-refractivity contribution in [2.75, 3.05) is 12.8 Å². The lowest BCUT2D eigenvalue weighted by molar-refractivity contribution is 0.676. The highest BCUT2D eigenvalue weighted by Crippen LogP contribution is 1.78. The number of nitrogens with one attached hydrogen (secondary N) is 1. The Bertz CT molecular complexity index is 112. The quantitative estimate of drug-likeness (QED) is 0.463. The Morgan fingerprint density at radius 3 is 2.78 bits per heavy atom. The van der Waals surface area contributed by atoms with E-state index in [0.717, 1.165) is 13.0 Å². The maximum absolute atomic E-state index is 10.4. The second-order valence-corrected chi connectivity index (χ2v) is 2.90. The van der Waals surface area contributed by atoms with E-state index in [9.17, 15) is 4.21 Å². The van der Waals surface area contributed by atoms with E-state index in [0.29, 0.717) is 0 Å². The maximum atomic E-state index is 10.4. The highest BCUT2D eigenvalue weighted by atomic mass is 32.2. The standard InChI is InChI=1S/C6H13NOS/c1-3-4-5-6-7-9(2)8/h3-4,7H,5-6H2,1-2H3/b4-3+. The minimum atomic E-state index is -0.853. The van der Waals surface area contributed by atoms with Crippen LogP contribution in [0.25, 0.3) is 0 Å². The van der Waals surface area contributed by atoms with Gasteiger partial charge in [-0.1, -0.05) is 12.2 Å². The molecule has 0 aromatic heterocycles. The van der Waals surface area contributed by atoms with E-state index < -0.39 is 11.0 Å². The van der Waals surface area contributed by atoms with Crippen molar-refractivity contribution in [3.8, 4) is 0 Å². The normalized spacial score (nSPS) is 14.4. The van der Waals surface area contributed by atoms with E-state index in [1.165, 1.54) is 0 Å². The molecule has 54 valence electrons. The van der Waals surface area contributed by atoms with E-state index in [2.05, 4.69) is 4.72 Å². The van der Waals surface area contributed by atoms with Gasteiger partial charge >= 0.3 is 0 Å². The molecule has 0 aromatic rings. The molecular formula is C6H13NOS. The lowest BCUT2D eigenvalue weighted by atomic mass is 10.4. The van der Waals surface area contributed by atoms with E-state index in [-0.39, 0.29) is 0 Å². The fraction of sp³-hybridized carbons (Fsp3) is 0.667. The van der Waals surface area contributed by atoms with E-state index in [1.807, 2.05) is 19.1 Å². The molecular weight excluding hydrogens is 134 g/mol. The first-order valence-corrected chi connectivity index (χ1v) is 4.51. The van der Waals surface area contributed by atoms with Gasteiger partial charge in [-0.2, -0.15) is 0 Å². The molecule has 0 bridgehead atoms. The predicted octanol–water partition coefficient (Wildman–Crippen LogP) is 0.836. The molecule has 9 heavy (non-hydrogen) atoms. The summed E-state index contributed by atoms with van der Waals surface area (Å²) >= 11 is 0. The topological polar surface area (TPSA) is 29.1 Å². The molecule has 0 saturated carbocycles. The van der Waals surface area contributed by atoms with Crippen molar-refractivity contribution in [1.82, 2.24) is 4.72 Å². The van der Waals surface area contributed by atoms with Gasteiger partial charge in [0.15, 0.2) is 0 Å². The minimum Gasteiger partial charge on any atom is -0.243 e. The highest BCUT2D eigenvalue weighted by Gasteiger charge is 1.83. The molecule has 0 aliphatic rings. The molecule has 0 aromatic carbocycles. The van der Waals surface area contributed by atoms with Crippen LogP contribution in [0.2, 0.25) is 0 Å². The van der Waals surface area contributed by atoms with Gasteiger partial charge in [0.2, 0.25) is 0 Å². The summed E-state index contributed by atoms with van der Waals surface area (Å²) in [4.78, 5) is 0. The van der Waals surface area contributed by atoms with Crippen molar-refractivity contribution in [1.29, 1.82) is 0 Å². The largest absolute Gasteiger partial charge is 0.243 e. The van der Waals surface area contributed by atoms with E-state index in [1.54, 1.807) is 6.26 Å². The van der Waals surface area contributed by atoms with Crippen LogP contribution in [-0.2, 0) is 11.0 Å². The third-order valence-corrected chi connectivity index (χ3v) is 1.46. The Morgan fingerprint density at radius 1 is 1.67 bits per heavy atom. The highest BCUT2D eigenvalue weighted by molar-refractivity contribution is 7.82. The van der Waals surface area contributed by atoms with Crippen molar-refractivity contribution in [3.63, 3.8) is 0 Å². The molecule has 1 atom stereocenters. The zero-order valence-electron chi connectivity index (χ0n) is 5.89. The zero-order chi connectivity index (χ0) is 7.11. The third kappa shape index (κ3) is 7.85. The average molecular weight is 147 g/mol. The predicted molar refractivity (Wildman–Crippen MR) is 41.5 cm³/mol. The molecule has 0 aliphatic heterocycles. The summed E-state index contributed by atoms with van der Waals surface area (Å²) in [6.07, 6.45) is 6.62. The summed E-state index contributed by atoms with van der Waals surface area (Å²) in [5.41, 5.74) is 0. The van der Waals surface area contributed by atoms with Gasteiger partial charge in [0, 0.05) is 12.8 Å². The number of hydrogen-bond donors (Lipinski definition) is 1. The van der Waals surface area contributed by atoms with Crippen LogP contribution in [0.1, 0.15) is 13.3 Å². The number of rotatable bonds is 4. The van der Waals surface area contributed by atoms with Crippen molar-refractivity contribution >= 4 is 11.0 Å². The van der Waals surface area contributed by atoms with Crippen LogP contribution in [0.15, 0.2) is 12.2 Å². The molecule has 1 N–H and O–H groups in total. The lowest BCUT2D eigenvalue weighted by Crippen LogP contribution is -2.15. The summed E-state index contributed by atoms with van der Waals surface area (Å²) in [6, 6.07) is 0. The first-order chi connectivity index (χ1) is 4.27. The average Bonchev–Trinajstić information content (AvgIpc) is 1.80. The van der Waals surface area contributed by atoms with Crippen LogP contribution in [0, 0.1) is 0 Å². The van der Waals surface area contributed by atoms with Crippen LogP contribution in [0.5, 0.6) is 0 Å². The fourth-order valence-electron chi connectivity index (χ4n) is 0.453.